The minimum absolute atomic E-state index is 0.257. The molecule has 1 aliphatic heterocycles. The number of thiophene rings is 1. The lowest BCUT2D eigenvalue weighted by molar-refractivity contribution is 0.0401. The molecule has 1 aromatic heterocycles. The van der Waals surface area contributed by atoms with E-state index in [1.165, 1.54) is 4.88 Å². The molecule has 0 aromatic carbocycles. The third-order valence-electron chi connectivity index (χ3n) is 3.58. The fourth-order valence-electron chi connectivity index (χ4n) is 2.50. The standard InChI is InChI=1S/C14H21NO2S/c1-10-8-13(11(2)18-10)14(16)9-15-6-4-12(17-3)5-7-15/h8,12H,4-7,9H2,1-3H3. The highest BCUT2D eigenvalue weighted by molar-refractivity contribution is 7.12. The van der Waals surface area contributed by atoms with E-state index in [-0.39, 0.29) is 5.78 Å². The van der Waals surface area contributed by atoms with Gasteiger partial charge >= 0.3 is 0 Å². The van der Waals surface area contributed by atoms with Crippen LogP contribution in [0.5, 0.6) is 0 Å². The normalized spacial score (nSPS) is 18.2. The quantitative estimate of drug-likeness (QED) is 0.786. The number of Topliss-reactive ketones (excluding diaryl/α,β-unsaturated/α-hetero) is 1. The molecular formula is C14H21NO2S. The first-order valence-electron chi connectivity index (χ1n) is 6.45. The van der Waals surface area contributed by atoms with Crippen molar-refractivity contribution in [3.05, 3.63) is 21.4 Å². The summed E-state index contributed by atoms with van der Waals surface area (Å²) in [6.45, 7) is 6.56. The van der Waals surface area contributed by atoms with Crippen LogP contribution < -0.4 is 0 Å². The van der Waals surface area contributed by atoms with Gasteiger partial charge in [-0.15, -0.1) is 11.3 Å². The minimum Gasteiger partial charge on any atom is -0.381 e. The van der Waals surface area contributed by atoms with Gasteiger partial charge in [0.2, 0.25) is 0 Å². The fourth-order valence-corrected chi connectivity index (χ4v) is 3.44. The smallest absolute Gasteiger partial charge is 0.177 e. The van der Waals surface area contributed by atoms with Crippen LogP contribution in [-0.4, -0.2) is 43.5 Å². The summed E-state index contributed by atoms with van der Waals surface area (Å²) in [4.78, 5) is 16.8. The first-order valence-corrected chi connectivity index (χ1v) is 7.27. The zero-order valence-corrected chi connectivity index (χ0v) is 12.2. The van der Waals surface area contributed by atoms with Crippen LogP contribution >= 0.6 is 11.3 Å². The van der Waals surface area contributed by atoms with Crippen molar-refractivity contribution in [1.82, 2.24) is 4.90 Å². The van der Waals surface area contributed by atoms with Crippen molar-refractivity contribution < 1.29 is 9.53 Å². The largest absolute Gasteiger partial charge is 0.381 e. The van der Waals surface area contributed by atoms with Crippen LogP contribution in [0.1, 0.15) is 33.0 Å². The summed E-state index contributed by atoms with van der Waals surface area (Å²) in [5.74, 6) is 0.257. The predicted octanol–water partition coefficient (Wildman–Crippen LogP) is 2.66. The molecule has 3 nitrogen and oxygen atoms in total. The van der Waals surface area contributed by atoms with Crippen LogP contribution in [0.3, 0.4) is 0 Å². The van der Waals surface area contributed by atoms with Gasteiger partial charge in [-0.3, -0.25) is 9.69 Å². The molecule has 0 saturated carbocycles. The summed E-state index contributed by atoms with van der Waals surface area (Å²) >= 11 is 1.70. The molecule has 1 aliphatic rings. The molecule has 18 heavy (non-hydrogen) atoms. The molecule has 0 amide bonds. The first kappa shape index (κ1) is 13.7. The van der Waals surface area contributed by atoms with Crippen LogP contribution in [0.15, 0.2) is 6.07 Å². The van der Waals surface area contributed by atoms with Crippen LogP contribution in [0.4, 0.5) is 0 Å². The highest BCUT2D eigenvalue weighted by Gasteiger charge is 2.21. The predicted molar refractivity (Wildman–Crippen MR) is 74.6 cm³/mol. The maximum atomic E-state index is 12.2. The van der Waals surface area contributed by atoms with Crippen molar-refractivity contribution in [3.8, 4) is 0 Å². The average Bonchev–Trinajstić information content (AvgIpc) is 2.69. The van der Waals surface area contributed by atoms with Gasteiger partial charge in [0.1, 0.15) is 0 Å². The minimum atomic E-state index is 0.257. The molecule has 1 aromatic rings. The molecule has 2 heterocycles. The number of carbonyl (C=O) groups is 1. The molecule has 0 atom stereocenters. The second kappa shape index (κ2) is 5.95. The molecule has 1 saturated heterocycles. The molecule has 4 heteroatoms. The number of rotatable bonds is 4. The summed E-state index contributed by atoms with van der Waals surface area (Å²) in [6.07, 6.45) is 2.44. The third kappa shape index (κ3) is 3.19. The second-order valence-electron chi connectivity index (χ2n) is 4.96. The van der Waals surface area contributed by atoms with Crippen molar-refractivity contribution in [2.45, 2.75) is 32.8 Å². The van der Waals surface area contributed by atoms with E-state index < -0.39 is 0 Å². The van der Waals surface area contributed by atoms with Gasteiger partial charge in [-0.05, 0) is 32.8 Å². The number of piperidine rings is 1. The van der Waals surface area contributed by atoms with Crippen LogP contribution in [0, 0.1) is 13.8 Å². The Balaban J connectivity index is 1.90. The van der Waals surface area contributed by atoms with E-state index in [0.717, 1.165) is 36.4 Å². The van der Waals surface area contributed by atoms with E-state index in [1.807, 2.05) is 13.0 Å². The fraction of sp³-hybridized carbons (Fsp3) is 0.643. The Hall–Kier alpha value is -0.710. The summed E-state index contributed by atoms with van der Waals surface area (Å²) in [7, 11) is 1.77. The van der Waals surface area contributed by atoms with E-state index in [0.29, 0.717) is 12.6 Å². The maximum Gasteiger partial charge on any atom is 0.177 e. The third-order valence-corrected chi connectivity index (χ3v) is 4.54. The molecule has 1 fully saturated rings. The molecular weight excluding hydrogens is 246 g/mol. The molecule has 0 aliphatic carbocycles. The van der Waals surface area contributed by atoms with Gasteiger partial charge in [0.25, 0.3) is 0 Å². The number of methoxy groups -OCH3 is 1. The van der Waals surface area contributed by atoms with Gasteiger partial charge in [0.15, 0.2) is 5.78 Å². The number of carbonyl (C=O) groups excluding carboxylic acids is 1. The number of nitrogens with zero attached hydrogens (tertiary/aromatic N) is 1. The number of ether oxygens (including phenoxy) is 1. The zero-order chi connectivity index (χ0) is 13.1. The average molecular weight is 267 g/mol. The molecule has 0 radical (unpaired) electrons. The van der Waals surface area contributed by atoms with E-state index in [1.54, 1.807) is 18.4 Å². The molecule has 0 bridgehead atoms. The van der Waals surface area contributed by atoms with Crippen LogP contribution in [-0.2, 0) is 4.74 Å². The van der Waals surface area contributed by atoms with Gasteiger partial charge in [-0.2, -0.15) is 0 Å². The van der Waals surface area contributed by atoms with Gasteiger partial charge in [0.05, 0.1) is 12.6 Å². The summed E-state index contributed by atoms with van der Waals surface area (Å²) < 4.78 is 5.34. The Labute approximate surface area is 113 Å². The summed E-state index contributed by atoms with van der Waals surface area (Å²) in [6, 6.07) is 2.02. The second-order valence-corrected chi connectivity index (χ2v) is 6.42. The molecule has 2 rings (SSSR count). The number of hydrogen-bond donors (Lipinski definition) is 0. The van der Waals surface area contributed by atoms with Crippen molar-refractivity contribution in [2.75, 3.05) is 26.7 Å². The zero-order valence-electron chi connectivity index (χ0n) is 11.4. The first-order chi connectivity index (χ1) is 8.60. The van der Waals surface area contributed by atoms with Gasteiger partial charge in [-0.1, -0.05) is 0 Å². The molecule has 0 N–H and O–H groups in total. The number of aryl methyl sites for hydroxylation is 2. The monoisotopic (exact) mass is 267 g/mol. The van der Waals surface area contributed by atoms with Crippen molar-refractivity contribution in [3.63, 3.8) is 0 Å². The molecule has 100 valence electrons. The molecule has 0 unspecified atom stereocenters. The highest BCUT2D eigenvalue weighted by Crippen LogP contribution is 2.22. The lowest BCUT2D eigenvalue weighted by Gasteiger charge is -2.30. The highest BCUT2D eigenvalue weighted by atomic mass is 32.1. The van der Waals surface area contributed by atoms with E-state index >= 15 is 0 Å². The summed E-state index contributed by atoms with van der Waals surface area (Å²) in [5.41, 5.74) is 0.909. The number of hydrogen-bond acceptors (Lipinski definition) is 4. The Morgan fingerprint density at radius 3 is 2.61 bits per heavy atom. The molecule has 0 spiro atoms. The Kier molecular flexibility index (Phi) is 4.54. The van der Waals surface area contributed by atoms with Gasteiger partial charge < -0.3 is 4.74 Å². The van der Waals surface area contributed by atoms with Crippen molar-refractivity contribution in [1.29, 1.82) is 0 Å². The van der Waals surface area contributed by atoms with Gasteiger partial charge in [0, 0.05) is 35.5 Å². The Morgan fingerprint density at radius 1 is 1.44 bits per heavy atom. The Bertz CT molecular complexity index is 419. The van der Waals surface area contributed by atoms with E-state index in [4.69, 9.17) is 4.74 Å². The van der Waals surface area contributed by atoms with E-state index in [9.17, 15) is 4.79 Å². The summed E-state index contributed by atoms with van der Waals surface area (Å²) in [5, 5.41) is 0. The van der Waals surface area contributed by atoms with Crippen molar-refractivity contribution in [2.24, 2.45) is 0 Å². The maximum absolute atomic E-state index is 12.2. The van der Waals surface area contributed by atoms with E-state index in [2.05, 4.69) is 11.8 Å². The topological polar surface area (TPSA) is 29.5 Å². The number of likely N-dealkylation sites (tertiary alicyclic amines) is 1. The van der Waals surface area contributed by atoms with Gasteiger partial charge in [-0.25, -0.2) is 0 Å². The van der Waals surface area contributed by atoms with Crippen LogP contribution in [0.25, 0.3) is 0 Å². The SMILES string of the molecule is COC1CCN(CC(=O)c2cc(C)sc2C)CC1. The Morgan fingerprint density at radius 2 is 2.11 bits per heavy atom. The number of ketones is 1. The lowest BCUT2D eigenvalue weighted by Crippen LogP contribution is -2.39. The lowest BCUT2D eigenvalue weighted by atomic mass is 10.1. The van der Waals surface area contributed by atoms with Crippen molar-refractivity contribution >= 4 is 17.1 Å². The van der Waals surface area contributed by atoms with Crippen LogP contribution in [0.2, 0.25) is 0 Å².